The molecule has 1 heterocycles. The number of aryl methyl sites for hydroxylation is 3. The van der Waals surface area contributed by atoms with Gasteiger partial charge in [0.05, 0.1) is 5.69 Å². The van der Waals surface area contributed by atoms with E-state index in [1.807, 2.05) is 31.2 Å². The molecule has 0 saturated heterocycles. The average Bonchev–Trinajstić information content (AvgIpc) is 2.65. The van der Waals surface area contributed by atoms with Gasteiger partial charge in [-0.25, -0.2) is 9.48 Å². The highest BCUT2D eigenvalue weighted by Crippen LogP contribution is 2.29. The lowest BCUT2D eigenvalue weighted by Gasteiger charge is -2.10. The zero-order valence-corrected chi connectivity index (χ0v) is 11.2. The predicted molar refractivity (Wildman–Crippen MR) is 70.8 cm³/mol. The summed E-state index contributed by atoms with van der Waals surface area (Å²) in [5, 5.41) is 13.3. The number of carboxylic acids is 1. The first-order valence-electron chi connectivity index (χ1n) is 6.07. The molecule has 100 valence electrons. The summed E-state index contributed by atoms with van der Waals surface area (Å²) in [5.41, 5.74) is 1.57. The molecule has 0 saturated carbocycles. The molecule has 0 fully saturated rings. The van der Waals surface area contributed by atoms with Gasteiger partial charge in [0.15, 0.2) is 0 Å². The number of aromatic carboxylic acids is 1. The zero-order valence-electron chi connectivity index (χ0n) is 11.2. The molecule has 0 amide bonds. The van der Waals surface area contributed by atoms with E-state index in [4.69, 9.17) is 4.74 Å². The van der Waals surface area contributed by atoms with Gasteiger partial charge in [-0.05, 0) is 25.0 Å². The normalized spacial score (nSPS) is 10.5. The van der Waals surface area contributed by atoms with Gasteiger partial charge in [-0.1, -0.05) is 25.1 Å². The van der Waals surface area contributed by atoms with Crippen LogP contribution in [0.15, 0.2) is 24.3 Å². The fourth-order valence-corrected chi connectivity index (χ4v) is 2.00. The molecule has 2 aromatic rings. The molecule has 0 aliphatic heterocycles. The molecule has 0 aliphatic carbocycles. The molecule has 1 aromatic carbocycles. The number of rotatable bonds is 4. The molecule has 0 radical (unpaired) electrons. The number of carbonyl (C=O) groups is 1. The number of hydrogen-bond donors (Lipinski definition) is 1. The first-order valence-corrected chi connectivity index (χ1v) is 6.07. The highest BCUT2D eigenvalue weighted by Gasteiger charge is 2.22. The maximum atomic E-state index is 11.3. The van der Waals surface area contributed by atoms with Crippen molar-refractivity contribution in [1.29, 1.82) is 0 Å². The Bertz CT molecular complexity index is 617. The quantitative estimate of drug-likeness (QED) is 0.918. The third-order valence-electron chi connectivity index (χ3n) is 2.94. The van der Waals surface area contributed by atoms with Crippen molar-refractivity contribution in [2.24, 2.45) is 7.05 Å². The summed E-state index contributed by atoms with van der Waals surface area (Å²) in [6.45, 7) is 3.68. The van der Waals surface area contributed by atoms with Crippen molar-refractivity contribution in [2.45, 2.75) is 20.3 Å². The van der Waals surface area contributed by atoms with Crippen LogP contribution in [-0.4, -0.2) is 20.9 Å². The molecule has 1 aromatic heterocycles. The Morgan fingerprint density at radius 2 is 2.11 bits per heavy atom. The molecule has 5 heteroatoms. The standard InChI is InChI=1S/C14H16N2O3/c1-4-10-7-5-6-8-11(10)19-13-12(14(17)18)9(2)15-16(13)3/h5-8H,4H2,1-3H3,(H,17,18). The van der Waals surface area contributed by atoms with Crippen LogP contribution < -0.4 is 4.74 Å². The van der Waals surface area contributed by atoms with E-state index in [0.29, 0.717) is 11.4 Å². The lowest BCUT2D eigenvalue weighted by molar-refractivity contribution is 0.0693. The van der Waals surface area contributed by atoms with Gasteiger partial charge in [0.1, 0.15) is 11.3 Å². The second kappa shape index (κ2) is 5.14. The van der Waals surface area contributed by atoms with Crippen molar-refractivity contribution < 1.29 is 14.6 Å². The summed E-state index contributed by atoms with van der Waals surface area (Å²) in [5.74, 6) is -0.115. The predicted octanol–water partition coefficient (Wildman–Crippen LogP) is 2.78. The van der Waals surface area contributed by atoms with Gasteiger partial charge in [0.25, 0.3) is 0 Å². The maximum absolute atomic E-state index is 11.3. The highest BCUT2D eigenvalue weighted by molar-refractivity contribution is 5.91. The van der Waals surface area contributed by atoms with E-state index in [2.05, 4.69) is 5.10 Å². The molecule has 5 nitrogen and oxygen atoms in total. The first-order chi connectivity index (χ1) is 9.04. The minimum atomic E-state index is -1.03. The number of benzene rings is 1. The fraction of sp³-hybridized carbons (Fsp3) is 0.286. The van der Waals surface area contributed by atoms with Gasteiger partial charge in [-0.15, -0.1) is 0 Å². The molecule has 1 N–H and O–H groups in total. The highest BCUT2D eigenvalue weighted by atomic mass is 16.5. The number of para-hydroxylation sites is 1. The molecular weight excluding hydrogens is 244 g/mol. The first kappa shape index (κ1) is 13.1. The number of aromatic nitrogens is 2. The smallest absolute Gasteiger partial charge is 0.343 e. The van der Waals surface area contributed by atoms with Crippen LogP contribution in [0.2, 0.25) is 0 Å². The van der Waals surface area contributed by atoms with E-state index in [0.717, 1.165) is 12.0 Å². The van der Waals surface area contributed by atoms with Crippen LogP contribution in [0.3, 0.4) is 0 Å². The van der Waals surface area contributed by atoms with Crippen molar-refractivity contribution in [3.05, 3.63) is 41.1 Å². The summed E-state index contributed by atoms with van der Waals surface area (Å²) >= 11 is 0. The molecule has 19 heavy (non-hydrogen) atoms. The Kier molecular flexibility index (Phi) is 3.55. The molecular formula is C14H16N2O3. The van der Waals surface area contributed by atoms with E-state index in [-0.39, 0.29) is 11.4 Å². The molecule has 0 aliphatic rings. The van der Waals surface area contributed by atoms with Crippen LogP contribution in [0.25, 0.3) is 0 Å². The fourth-order valence-electron chi connectivity index (χ4n) is 2.00. The Balaban J connectivity index is 2.46. The van der Waals surface area contributed by atoms with E-state index in [1.54, 1.807) is 14.0 Å². The van der Waals surface area contributed by atoms with Crippen LogP contribution in [-0.2, 0) is 13.5 Å². The van der Waals surface area contributed by atoms with Crippen LogP contribution >= 0.6 is 0 Å². The lowest BCUT2D eigenvalue weighted by atomic mass is 10.1. The lowest BCUT2D eigenvalue weighted by Crippen LogP contribution is -2.03. The van der Waals surface area contributed by atoms with Crippen LogP contribution in [0.5, 0.6) is 11.6 Å². The maximum Gasteiger partial charge on any atom is 0.343 e. The average molecular weight is 260 g/mol. The van der Waals surface area contributed by atoms with Gasteiger partial charge in [0.2, 0.25) is 5.88 Å². The van der Waals surface area contributed by atoms with Gasteiger partial charge in [-0.3, -0.25) is 0 Å². The Morgan fingerprint density at radius 3 is 2.74 bits per heavy atom. The van der Waals surface area contributed by atoms with Gasteiger partial charge in [0, 0.05) is 7.05 Å². The van der Waals surface area contributed by atoms with Gasteiger partial charge >= 0.3 is 5.97 Å². The summed E-state index contributed by atoms with van der Waals surface area (Å²) in [6, 6.07) is 7.57. The SMILES string of the molecule is CCc1ccccc1Oc1c(C(=O)O)c(C)nn1C. The topological polar surface area (TPSA) is 64.3 Å². The van der Waals surface area contributed by atoms with E-state index >= 15 is 0 Å². The van der Waals surface area contributed by atoms with Crippen molar-refractivity contribution in [1.82, 2.24) is 9.78 Å². The molecule has 0 atom stereocenters. The minimum Gasteiger partial charge on any atom is -0.477 e. The number of carboxylic acid groups (broad SMARTS) is 1. The molecule has 2 rings (SSSR count). The third-order valence-corrected chi connectivity index (χ3v) is 2.94. The van der Waals surface area contributed by atoms with Crippen LogP contribution in [0.1, 0.15) is 28.5 Å². The second-order valence-corrected chi connectivity index (χ2v) is 4.26. The Morgan fingerprint density at radius 1 is 1.42 bits per heavy atom. The number of ether oxygens (including phenoxy) is 1. The van der Waals surface area contributed by atoms with E-state index in [9.17, 15) is 9.90 Å². The summed E-state index contributed by atoms with van der Waals surface area (Å²) in [4.78, 5) is 11.3. The third kappa shape index (κ3) is 2.45. The molecule has 0 unspecified atom stereocenters. The van der Waals surface area contributed by atoms with Crippen molar-refractivity contribution in [3.63, 3.8) is 0 Å². The monoisotopic (exact) mass is 260 g/mol. The van der Waals surface area contributed by atoms with Crippen molar-refractivity contribution in [2.75, 3.05) is 0 Å². The van der Waals surface area contributed by atoms with E-state index in [1.165, 1.54) is 4.68 Å². The second-order valence-electron chi connectivity index (χ2n) is 4.26. The van der Waals surface area contributed by atoms with Gasteiger partial charge in [-0.2, -0.15) is 5.10 Å². The number of hydrogen-bond acceptors (Lipinski definition) is 3. The van der Waals surface area contributed by atoms with E-state index < -0.39 is 5.97 Å². The minimum absolute atomic E-state index is 0.105. The van der Waals surface area contributed by atoms with Crippen molar-refractivity contribution in [3.8, 4) is 11.6 Å². The largest absolute Gasteiger partial charge is 0.477 e. The zero-order chi connectivity index (χ0) is 14.0. The van der Waals surface area contributed by atoms with Crippen molar-refractivity contribution >= 4 is 5.97 Å². The number of nitrogens with zero attached hydrogens (tertiary/aromatic N) is 2. The summed E-state index contributed by atoms with van der Waals surface area (Å²) < 4.78 is 7.21. The summed E-state index contributed by atoms with van der Waals surface area (Å²) in [7, 11) is 1.67. The Hall–Kier alpha value is -2.30. The Labute approximate surface area is 111 Å². The van der Waals surface area contributed by atoms with Crippen LogP contribution in [0, 0.1) is 6.92 Å². The van der Waals surface area contributed by atoms with Crippen LogP contribution in [0.4, 0.5) is 0 Å². The van der Waals surface area contributed by atoms with Gasteiger partial charge < -0.3 is 9.84 Å². The molecule has 0 spiro atoms. The summed E-state index contributed by atoms with van der Waals surface area (Å²) in [6.07, 6.45) is 0.815. The molecule has 0 bridgehead atoms.